The van der Waals surface area contributed by atoms with Crippen LogP contribution in [0, 0.1) is 11.6 Å². The summed E-state index contributed by atoms with van der Waals surface area (Å²) >= 11 is 0. The third kappa shape index (κ3) is 2.78. The molecule has 1 aromatic rings. The summed E-state index contributed by atoms with van der Waals surface area (Å²) in [6.45, 7) is 3.96. The van der Waals surface area contributed by atoms with Crippen molar-refractivity contribution in [3.63, 3.8) is 0 Å². The zero-order chi connectivity index (χ0) is 11.4. The molecule has 0 aliphatic rings. The number of halogens is 2. The van der Waals surface area contributed by atoms with Crippen molar-refractivity contribution >= 4 is 11.6 Å². The van der Waals surface area contributed by atoms with E-state index in [0.717, 1.165) is 18.9 Å². The van der Waals surface area contributed by atoms with Crippen molar-refractivity contribution in [3.05, 3.63) is 17.7 Å². The van der Waals surface area contributed by atoms with E-state index in [4.69, 9.17) is 5.73 Å². The van der Waals surface area contributed by atoms with Gasteiger partial charge in [-0.2, -0.15) is 0 Å². The fourth-order valence-electron chi connectivity index (χ4n) is 1.27. The van der Waals surface area contributed by atoms with Gasteiger partial charge in [0.25, 0.3) is 0 Å². The Hall–Kier alpha value is -1.39. The van der Waals surface area contributed by atoms with Gasteiger partial charge in [0.05, 0.1) is 0 Å². The molecule has 0 spiro atoms. The lowest BCUT2D eigenvalue weighted by molar-refractivity contribution is 0.573. The molecular weight excluding hydrogens is 200 g/mol. The molecule has 3 nitrogen and oxygen atoms in total. The van der Waals surface area contributed by atoms with E-state index in [1.54, 1.807) is 0 Å². The molecule has 0 aliphatic carbocycles. The number of nitrogens with one attached hydrogen (secondary N) is 1. The maximum atomic E-state index is 13.2. The van der Waals surface area contributed by atoms with Crippen LogP contribution in [0.1, 0.15) is 26.7 Å². The monoisotopic (exact) mass is 215 g/mol. The molecule has 15 heavy (non-hydrogen) atoms. The highest BCUT2D eigenvalue weighted by molar-refractivity contribution is 5.45. The van der Waals surface area contributed by atoms with Gasteiger partial charge in [-0.15, -0.1) is 0 Å². The van der Waals surface area contributed by atoms with Gasteiger partial charge in [0.1, 0.15) is 0 Å². The van der Waals surface area contributed by atoms with Crippen LogP contribution in [0.3, 0.4) is 0 Å². The third-order valence-corrected chi connectivity index (χ3v) is 2.28. The van der Waals surface area contributed by atoms with Crippen LogP contribution in [0.5, 0.6) is 0 Å². The Morgan fingerprint density at radius 2 is 1.93 bits per heavy atom. The van der Waals surface area contributed by atoms with E-state index in [1.807, 2.05) is 13.8 Å². The first-order valence-electron chi connectivity index (χ1n) is 4.96. The van der Waals surface area contributed by atoms with Crippen LogP contribution in [0.4, 0.5) is 20.4 Å². The molecule has 0 unspecified atom stereocenters. The number of aromatic nitrogens is 1. The van der Waals surface area contributed by atoms with E-state index in [9.17, 15) is 8.78 Å². The van der Waals surface area contributed by atoms with E-state index in [0.29, 0.717) is 0 Å². The number of rotatable bonds is 4. The summed E-state index contributed by atoms with van der Waals surface area (Å²) in [5.41, 5.74) is 5.26. The molecule has 0 fully saturated rings. The van der Waals surface area contributed by atoms with Crippen molar-refractivity contribution in [1.29, 1.82) is 0 Å². The lowest BCUT2D eigenvalue weighted by Crippen LogP contribution is -2.19. The summed E-state index contributed by atoms with van der Waals surface area (Å²) in [6.07, 6.45) is 1.68. The summed E-state index contributed by atoms with van der Waals surface area (Å²) in [6, 6.07) is 0.865. The Morgan fingerprint density at radius 1 is 1.33 bits per heavy atom. The Kier molecular flexibility index (Phi) is 3.82. The predicted molar refractivity (Wildman–Crippen MR) is 56.6 cm³/mol. The van der Waals surface area contributed by atoms with Crippen LogP contribution in [0.2, 0.25) is 0 Å². The fraction of sp³-hybridized carbons (Fsp3) is 0.500. The predicted octanol–water partition coefficient (Wildman–Crippen LogP) is 2.54. The lowest BCUT2D eigenvalue weighted by Gasteiger charge is -2.16. The number of hydrogen-bond acceptors (Lipinski definition) is 3. The van der Waals surface area contributed by atoms with Crippen LogP contribution < -0.4 is 11.1 Å². The lowest BCUT2D eigenvalue weighted by atomic mass is 10.2. The molecule has 0 amide bonds. The molecule has 0 aromatic carbocycles. The maximum absolute atomic E-state index is 13.2. The second-order valence-electron chi connectivity index (χ2n) is 3.34. The first-order chi connectivity index (χ1) is 7.08. The molecule has 0 saturated heterocycles. The van der Waals surface area contributed by atoms with Crippen molar-refractivity contribution in [3.8, 4) is 0 Å². The van der Waals surface area contributed by atoms with Crippen LogP contribution in [-0.4, -0.2) is 11.0 Å². The molecule has 3 N–H and O–H groups in total. The highest BCUT2D eigenvalue weighted by Gasteiger charge is 2.12. The maximum Gasteiger partial charge on any atom is 0.168 e. The van der Waals surface area contributed by atoms with Gasteiger partial charge in [0.2, 0.25) is 0 Å². The van der Waals surface area contributed by atoms with Gasteiger partial charge in [0, 0.05) is 12.1 Å². The summed E-state index contributed by atoms with van der Waals surface area (Å²) in [4.78, 5) is 3.62. The number of anilines is 2. The SMILES string of the molecule is CCC(CC)Nc1nc(N)c(F)cc1F. The molecule has 0 saturated carbocycles. The smallest absolute Gasteiger partial charge is 0.168 e. The molecule has 0 atom stereocenters. The molecule has 1 aromatic heterocycles. The van der Waals surface area contributed by atoms with Crippen LogP contribution in [0.25, 0.3) is 0 Å². The van der Waals surface area contributed by atoms with Crippen LogP contribution in [-0.2, 0) is 0 Å². The standard InChI is InChI=1S/C10H15F2N3/c1-3-6(4-2)14-10-8(12)5-7(11)9(13)15-10/h5-6H,3-4H2,1-2H3,(H3,13,14,15). The number of pyridine rings is 1. The minimum Gasteiger partial charge on any atom is -0.381 e. The van der Waals surface area contributed by atoms with E-state index < -0.39 is 11.6 Å². The highest BCUT2D eigenvalue weighted by Crippen LogP contribution is 2.18. The van der Waals surface area contributed by atoms with Crippen molar-refractivity contribution < 1.29 is 8.78 Å². The van der Waals surface area contributed by atoms with Gasteiger partial charge in [-0.3, -0.25) is 0 Å². The van der Waals surface area contributed by atoms with Gasteiger partial charge in [-0.1, -0.05) is 13.8 Å². The minimum absolute atomic E-state index is 0.0163. The van der Waals surface area contributed by atoms with Gasteiger partial charge in [0.15, 0.2) is 23.3 Å². The summed E-state index contributed by atoms with van der Waals surface area (Å²) in [7, 11) is 0. The molecule has 0 aliphatic heterocycles. The summed E-state index contributed by atoms with van der Waals surface area (Å²) < 4.78 is 26.0. The number of nitrogens with two attached hydrogens (primary N) is 1. The van der Waals surface area contributed by atoms with E-state index in [-0.39, 0.29) is 17.7 Å². The highest BCUT2D eigenvalue weighted by atomic mass is 19.1. The Balaban J connectivity index is 2.89. The topological polar surface area (TPSA) is 50.9 Å². The third-order valence-electron chi connectivity index (χ3n) is 2.28. The van der Waals surface area contributed by atoms with Crippen molar-refractivity contribution in [2.24, 2.45) is 0 Å². The quantitative estimate of drug-likeness (QED) is 0.811. The second-order valence-corrected chi connectivity index (χ2v) is 3.34. The van der Waals surface area contributed by atoms with Crippen molar-refractivity contribution in [2.75, 3.05) is 11.1 Å². The van der Waals surface area contributed by atoms with Gasteiger partial charge >= 0.3 is 0 Å². The molecule has 0 bridgehead atoms. The molecule has 0 radical (unpaired) electrons. The zero-order valence-corrected chi connectivity index (χ0v) is 8.85. The molecule has 5 heteroatoms. The number of nitrogen functional groups attached to an aromatic ring is 1. The largest absolute Gasteiger partial charge is 0.381 e. The van der Waals surface area contributed by atoms with Gasteiger partial charge < -0.3 is 11.1 Å². The second kappa shape index (κ2) is 4.91. The molecular formula is C10H15F2N3. The molecule has 1 heterocycles. The van der Waals surface area contributed by atoms with Gasteiger partial charge in [-0.25, -0.2) is 13.8 Å². The number of hydrogen-bond donors (Lipinski definition) is 2. The Morgan fingerprint density at radius 3 is 2.47 bits per heavy atom. The number of nitrogens with zero attached hydrogens (tertiary/aromatic N) is 1. The molecule has 84 valence electrons. The Labute approximate surface area is 87.7 Å². The summed E-state index contributed by atoms with van der Waals surface area (Å²) in [5, 5.41) is 2.88. The normalized spacial score (nSPS) is 10.7. The first-order valence-corrected chi connectivity index (χ1v) is 4.96. The van der Waals surface area contributed by atoms with Crippen LogP contribution >= 0.6 is 0 Å². The average molecular weight is 215 g/mol. The van der Waals surface area contributed by atoms with E-state index in [2.05, 4.69) is 10.3 Å². The van der Waals surface area contributed by atoms with Gasteiger partial charge in [-0.05, 0) is 12.8 Å². The average Bonchev–Trinajstić information content (AvgIpc) is 2.21. The summed E-state index contributed by atoms with van der Waals surface area (Å²) in [5.74, 6) is -1.82. The zero-order valence-electron chi connectivity index (χ0n) is 8.85. The van der Waals surface area contributed by atoms with E-state index >= 15 is 0 Å². The Bertz CT molecular complexity index is 338. The van der Waals surface area contributed by atoms with Crippen molar-refractivity contribution in [1.82, 2.24) is 4.98 Å². The van der Waals surface area contributed by atoms with Crippen molar-refractivity contribution in [2.45, 2.75) is 32.7 Å². The van der Waals surface area contributed by atoms with E-state index in [1.165, 1.54) is 0 Å². The minimum atomic E-state index is -0.831. The first kappa shape index (κ1) is 11.7. The fourth-order valence-corrected chi connectivity index (χ4v) is 1.27. The molecule has 1 rings (SSSR count). The van der Waals surface area contributed by atoms with Crippen LogP contribution in [0.15, 0.2) is 6.07 Å².